The van der Waals surface area contributed by atoms with Crippen molar-refractivity contribution in [1.82, 2.24) is 20.5 Å². The fraction of sp³-hybridized carbons (Fsp3) is 0.727. The molecule has 1 aromatic rings. The van der Waals surface area contributed by atoms with Gasteiger partial charge in [0.2, 0.25) is 0 Å². The molecule has 2 rings (SSSR count). The van der Waals surface area contributed by atoms with Gasteiger partial charge in [0, 0.05) is 50.0 Å². The first kappa shape index (κ1) is 23.4. The van der Waals surface area contributed by atoms with Crippen LogP contribution in [-0.4, -0.2) is 68.9 Å². The van der Waals surface area contributed by atoms with Gasteiger partial charge in [-0.2, -0.15) is 0 Å². The van der Waals surface area contributed by atoms with Crippen LogP contribution >= 0.6 is 0 Å². The maximum atomic E-state index is 5.55. The van der Waals surface area contributed by atoms with Crippen LogP contribution in [0, 0.1) is 19.8 Å². The van der Waals surface area contributed by atoms with Crippen molar-refractivity contribution in [1.29, 1.82) is 0 Å². The normalized spacial score (nSPS) is 16.7. The van der Waals surface area contributed by atoms with Crippen molar-refractivity contribution in [2.24, 2.45) is 10.9 Å². The highest BCUT2D eigenvalue weighted by Crippen LogP contribution is 2.24. The number of methoxy groups -OCH3 is 1. The first-order valence-corrected chi connectivity index (χ1v) is 10.8. The largest absolute Gasteiger partial charge is 0.496 e. The number of pyridine rings is 1. The molecule has 1 aliphatic rings. The number of nitrogens with one attached hydrogen (secondary N) is 2. The van der Waals surface area contributed by atoms with Gasteiger partial charge < -0.3 is 20.1 Å². The molecule has 0 spiro atoms. The Morgan fingerprint density at radius 3 is 2.52 bits per heavy atom. The molecule has 0 bridgehead atoms. The van der Waals surface area contributed by atoms with Gasteiger partial charge >= 0.3 is 0 Å². The van der Waals surface area contributed by atoms with Crippen LogP contribution in [0.3, 0.4) is 0 Å². The summed E-state index contributed by atoms with van der Waals surface area (Å²) in [6.07, 6.45) is 4.22. The van der Waals surface area contributed by atoms with Gasteiger partial charge in [-0.1, -0.05) is 26.7 Å². The zero-order valence-electron chi connectivity index (χ0n) is 19.0. The second kappa shape index (κ2) is 12.0. The summed E-state index contributed by atoms with van der Waals surface area (Å²) in [7, 11) is 3.52. The summed E-state index contributed by atoms with van der Waals surface area (Å²) in [4.78, 5) is 11.5. The van der Waals surface area contributed by atoms with Crippen molar-refractivity contribution in [3.8, 4) is 5.75 Å². The Morgan fingerprint density at radius 2 is 1.93 bits per heavy atom. The van der Waals surface area contributed by atoms with Crippen molar-refractivity contribution in [3.63, 3.8) is 0 Å². The Labute approximate surface area is 176 Å². The van der Waals surface area contributed by atoms with E-state index < -0.39 is 0 Å². The first-order valence-electron chi connectivity index (χ1n) is 10.8. The van der Waals surface area contributed by atoms with E-state index in [-0.39, 0.29) is 0 Å². The molecule has 0 amide bonds. The van der Waals surface area contributed by atoms with E-state index in [0.29, 0.717) is 18.5 Å². The summed E-state index contributed by atoms with van der Waals surface area (Å²) in [5.74, 6) is 2.36. The molecule has 2 heterocycles. The van der Waals surface area contributed by atoms with Gasteiger partial charge in [-0.3, -0.25) is 14.9 Å². The predicted octanol–water partition coefficient (Wildman–Crippen LogP) is 2.51. The number of aliphatic imine (C=N–C) groups is 1. The monoisotopic (exact) mass is 405 g/mol. The van der Waals surface area contributed by atoms with Crippen LogP contribution in [0.4, 0.5) is 0 Å². The number of ether oxygens (including phenoxy) is 2. The van der Waals surface area contributed by atoms with E-state index >= 15 is 0 Å². The van der Waals surface area contributed by atoms with Crippen LogP contribution in [0.5, 0.6) is 5.75 Å². The van der Waals surface area contributed by atoms with Gasteiger partial charge in [0.05, 0.1) is 32.6 Å². The van der Waals surface area contributed by atoms with E-state index in [1.807, 2.05) is 27.1 Å². The van der Waals surface area contributed by atoms with E-state index in [0.717, 1.165) is 61.4 Å². The molecule has 0 aromatic carbocycles. The first-order chi connectivity index (χ1) is 14.0. The molecular formula is C22H39N5O2. The lowest BCUT2D eigenvalue weighted by atomic mass is 9.92. The van der Waals surface area contributed by atoms with E-state index in [1.54, 1.807) is 7.11 Å². The van der Waals surface area contributed by atoms with Gasteiger partial charge in [-0.05, 0) is 19.8 Å². The molecule has 7 nitrogen and oxygen atoms in total. The predicted molar refractivity (Wildman–Crippen MR) is 119 cm³/mol. The maximum Gasteiger partial charge on any atom is 0.191 e. The van der Waals surface area contributed by atoms with E-state index in [2.05, 4.69) is 39.4 Å². The smallest absolute Gasteiger partial charge is 0.191 e. The lowest BCUT2D eigenvalue weighted by molar-refractivity contribution is 0.00272. The Morgan fingerprint density at radius 1 is 1.24 bits per heavy atom. The Hall–Kier alpha value is -1.86. The summed E-state index contributed by atoms with van der Waals surface area (Å²) in [6, 6.07) is 0.479. The molecular weight excluding hydrogens is 366 g/mol. The van der Waals surface area contributed by atoms with Crippen LogP contribution < -0.4 is 15.4 Å². The van der Waals surface area contributed by atoms with Crippen LogP contribution in [0.1, 0.15) is 43.5 Å². The molecule has 0 saturated carbocycles. The molecule has 1 atom stereocenters. The van der Waals surface area contributed by atoms with E-state index in [1.165, 1.54) is 12.8 Å². The number of morpholine rings is 1. The SMILES string of the molecule is CCC(CC)C(CNC(=NC)NCc1ncc(C)c(OC)c1C)N1CCOCC1. The van der Waals surface area contributed by atoms with Crippen molar-refractivity contribution in [3.05, 3.63) is 23.0 Å². The van der Waals surface area contributed by atoms with Crippen molar-refractivity contribution in [2.75, 3.05) is 47.0 Å². The topological polar surface area (TPSA) is 71.0 Å². The summed E-state index contributed by atoms with van der Waals surface area (Å²) >= 11 is 0. The zero-order valence-corrected chi connectivity index (χ0v) is 19.0. The number of aromatic nitrogens is 1. The highest BCUT2D eigenvalue weighted by atomic mass is 16.5. The lowest BCUT2D eigenvalue weighted by Gasteiger charge is -2.39. The van der Waals surface area contributed by atoms with Gasteiger partial charge in [0.15, 0.2) is 5.96 Å². The third kappa shape index (κ3) is 6.31. The molecule has 0 radical (unpaired) electrons. The Kier molecular flexibility index (Phi) is 9.67. The second-order valence-electron chi connectivity index (χ2n) is 7.65. The molecule has 164 valence electrons. The fourth-order valence-corrected chi connectivity index (χ4v) is 4.17. The molecule has 1 saturated heterocycles. The standard InChI is InChI=1S/C22H39N5O2/c1-7-18(8-2)20(27-9-11-29-12-10-27)15-26-22(23-5)25-14-19-17(4)21(28-6)16(3)13-24-19/h13,18,20H,7-12,14-15H2,1-6H3,(H2,23,25,26). The number of hydrogen-bond donors (Lipinski definition) is 2. The zero-order chi connectivity index (χ0) is 21.2. The van der Waals surface area contributed by atoms with Crippen molar-refractivity contribution < 1.29 is 9.47 Å². The second-order valence-corrected chi connectivity index (χ2v) is 7.65. The van der Waals surface area contributed by atoms with E-state index in [4.69, 9.17) is 9.47 Å². The third-order valence-corrected chi connectivity index (χ3v) is 5.98. The number of nitrogens with zero attached hydrogens (tertiary/aromatic N) is 3. The minimum absolute atomic E-state index is 0.479. The van der Waals surface area contributed by atoms with Crippen molar-refractivity contribution in [2.45, 2.75) is 53.1 Å². The maximum absolute atomic E-state index is 5.55. The fourth-order valence-electron chi connectivity index (χ4n) is 4.17. The number of rotatable bonds is 9. The van der Waals surface area contributed by atoms with Crippen LogP contribution in [0.25, 0.3) is 0 Å². The molecule has 2 N–H and O–H groups in total. The van der Waals surface area contributed by atoms with Gasteiger partial charge in [-0.25, -0.2) is 0 Å². The number of guanidine groups is 1. The van der Waals surface area contributed by atoms with Gasteiger partial charge in [0.1, 0.15) is 5.75 Å². The number of aryl methyl sites for hydroxylation is 1. The molecule has 7 heteroatoms. The van der Waals surface area contributed by atoms with Crippen LogP contribution in [0.15, 0.2) is 11.2 Å². The number of hydrogen-bond acceptors (Lipinski definition) is 5. The van der Waals surface area contributed by atoms with Crippen LogP contribution in [0.2, 0.25) is 0 Å². The molecule has 29 heavy (non-hydrogen) atoms. The average molecular weight is 406 g/mol. The summed E-state index contributed by atoms with van der Waals surface area (Å²) < 4.78 is 11.1. The Balaban J connectivity index is 1.99. The molecule has 1 aliphatic heterocycles. The average Bonchev–Trinajstić information content (AvgIpc) is 2.75. The summed E-state index contributed by atoms with van der Waals surface area (Å²) in [6.45, 7) is 13.8. The molecule has 1 aromatic heterocycles. The minimum Gasteiger partial charge on any atom is -0.496 e. The van der Waals surface area contributed by atoms with Gasteiger partial charge in [-0.15, -0.1) is 0 Å². The lowest BCUT2D eigenvalue weighted by Crippen LogP contribution is -2.53. The minimum atomic E-state index is 0.479. The Bertz CT molecular complexity index is 655. The highest BCUT2D eigenvalue weighted by molar-refractivity contribution is 5.79. The quantitative estimate of drug-likeness (QED) is 0.486. The molecule has 1 fully saturated rings. The molecule has 0 aliphatic carbocycles. The van der Waals surface area contributed by atoms with E-state index in [9.17, 15) is 0 Å². The third-order valence-electron chi connectivity index (χ3n) is 5.98. The summed E-state index contributed by atoms with van der Waals surface area (Å²) in [5.41, 5.74) is 3.09. The van der Waals surface area contributed by atoms with Crippen molar-refractivity contribution >= 4 is 5.96 Å². The van der Waals surface area contributed by atoms with Gasteiger partial charge in [0.25, 0.3) is 0 Å². The summed E-state index contributed by atoms with van der Waals surface area (Å²) in [5, 5.41) is 6.95. The molecule has 1 unspecified atom stereocenters. The van der Waals surface area contributed by atoms with Crippen LogP contribution in [-0.2, 0) is 11.3 Å². The highest BCUT2D eigenvalue weighted by Gasteiger charge is 2.27.